The van der Waals surface area contributed by atoms with Gasteiger partial charge in [-0.05, 0) is 61.8 Å². The van der Waals surface area contributed by atoms with Crippen LogP contribution in [-0.4, -0.2) is 19.3 Å². The summed E-state index contributed by atoms with van der Waals surface area (Å²) in [6.07, 6.45) is 5.64. The second kappa shape index (κ2) is 5.53. The van der Waals surface area contributed by atoms with Crippen LogP contribution in [0.2, 0.25) is 0 Å². The van der Waals surface area contributed by atoms with Gasteiger partial charge in [-0.15, -0.1) is 0 Å². The molecule has 1 fully saturated rings. The van der Waals surface area contributed by atoms with E-state index in [1.54, 1.807) is 0 Å². The molecule has 0 radical (unpaired) electrons. The summed E-state index contributed by atoms with van der Waals surface area (Å²) < 4.78 is 0. The standard InChI is InChI=1S/C18H29N3/c1-18(2,3)13-6-7-15-16(11-13)21-17(20-15)8-5-12-9-14(10-12)19-4/h6-7,11-12,14,17,19-21H,5,8-10H2,1-4H3. The lowest BCUT2D eigenvalue weighted by molar-refractivity contribution is 0.215. The molecular formula is C18H29N3. The predicted octanol–water partition coefficient (Wildman–Crippen LogP) is 3.93. The van der Waals surface area contributed by atoms with E-state index >= 15 is 0 Å². The molecule has 1 aromatic rings. The van der Waals surface area contributed by atoms with E-state index in [0.29, 0.717) is 6.17 Å². The molecule has 0 saturated heterocycles. The molecule has 1 aromatic carbocycles. The second-order valence-electron chi connectivity index (χ2n) is 7.75. The van der Waals surface area contributed by atoms with Crippen molar-refractivity contribution < 1.29 is 0 Å². The van der Waals surface area contributed by atoms with Gasteiger partial charge in [0.1, 0.15) is 0 Å². The number of anilines is 2. The minimum atomic E-state index is 0.211. The molecule has 3 N–H and O–H groups in total. The summed E-state index contributed by atoms with van der Waals surface area (Å²) in [5.74, 6) is 0.917. The Balaban J connectivity index is 1.53. The smallest absolute Gasteiger partial charge is 0.0964 e. The van der Waals surface area contributed by atoms with E-state index < -0.39 is 0 Å². The lowest BCUT2D eigenvalue weighted by Gasteiger charge is -2.35. The molecule has 21 heavy (non-hydrogen) atoms. The minimum Gasteiger partial charge on any atom is -0.364 e. The van der Waals surface area contributed by atoms with E-state index in [9.17, 15) is 0 Å². The molecule has 116 valence electrons. The molecule has 3 nitrogen and oxygen atoms in total. The molecular weight excluding hydrogens is 258 g/mol. The molecule has 3 heteroatoms. The maximum absolute atomic E-state index is 3.65. The zero-order valence-electron chi connectivity index (χ0n) is 13.8. The first-order chi connectivity index (χ1) is 9.95. The van der Waals surface area contributed by atoms with E-state index in [1.165, 1.54) is 42.6 Å². The summed E-state index contributed by atoms with van der Waals surface area (Å²) in [5.41, 5.74) is 4.14. The Hall–Kier alpha value is -1.22. The molecule has 3 rings (SSSR count). The quantitative estimate of drug-likeness (QED) is 0.785. The lowest BCUT2D eigenvalue weighted by Crippen LogP contribution is -2.39. The highest BCUT2D eigenvalue weighted by Gasteiger charge is 2.29. The van der Waals surface area contributed by atoms with Gasteiger partial charge in [0.15, 0.2) is 0 Å². The zero-order valence-corrected chi connectivity index (χ0v) is 13.8. The summed E-state index contributed by atoms with van der Waals surface area (Å²) >= 11 is 0. The van der Waals surface area contributed by atoms with Crippen molar-refractivity contribution >= 4 is 11.4 Å². The summed E-state index contributed by atoms with van der Waals surface area (Å²) in [5, 5.41) is 10.6. The Kier molecular flexibility index (Phi) is 3.87. The van der Waals surface area contributed by atoms with Gasteiger partial charge >= 0.3 is 0 Å². The van der Waals surface area contributed by atoms with Crippen LogP contribution in [0.25, 0.3) is 0 Å². The molecule has 1 atom stereocenters. The van der Waals surface area contributed by atoms with Gasteiger partial charge in [0.25, 0.3) is 0 Å². The summed E-state index contributed by atoms with van der Waals surface area (Å²) in [4.78, 5) is 0. The highest BCUT2D eigenvalue weighted by Crippen LogP contribution is 2.36. The monoisotopic (exact) mass is 287 g/mol. The van der Waals surface area contributed by atoms with Gasteiger partial charge in [-0.3, -0.25) is 0 Å². The highest BCUT2D eigenvalue weighted by molar-refractivity contribution is 5.75. The SMILES string of the molecule is CNC1CC(CCC2Nc3ccc(C(C)(C)C)cc3N2)C1. The van der Waals surface area contributed by atoms with Crippen molar-refractivity contribution in [3.63, 3.8) is 0 Å². The molecule has 1 unspecified atom stereocenters. The van der Waals surface area contributed by atoms with Crippen LogP contribution in [-0.2, 0) is 5.41 Å². The number of rotatable bonds is 4. The molecule has 0 bridgehead atoms. The van der Waals surface area contributed by atoms with Crippen molar-refractivity contribution in [1.29, 1.82) is 0 Å². The fraction of sp³-hybridized carbons (Fsp3) is 0.667. The molecule has 2 aliphatic rings. The third-order valence-electron chi connectivity index (χ3n) is 5.05. The molecule has 0 spiro atoms. The topological polar surface area (TPSA) is 36.1 Å². The van der Waals surface area contributed by atoms with Crippen molar-refractivity contribution in [3.05, 3.63) is 23.8 Å². The van der Waals surface area contributed by atoms with E-state index in [2.05, 4.69) is 62.0 Å². The maximum atomic E-state index is 3.65. The average Bonchev–Trinajstić information content (AvgIpc) is 2.77. The Morgan fingerprint density at radius 2 is 1.81 bits per heavy atom. The number of hydrogen-bond donors (Lipinski definition) is 3. The molecule has 0 amide bonds. The first kappa shape index (κ1) is 14.7. The summed E-state index contributed by atoms with van der Waals surface area (Å²) in [7, 11) is 2.07. The first-order valence-electron chi connectivity index (χ1n) is 8.30. The second-order valence-corrected chi connectivity index (χ2v) is 7.75. The van der Waals surface area contributed by atoms with Gasteiger partial charge in [0.05, 0.1) is 17.5 Å². The molecule has 1 aliphatic carbocycles. The van der Waals surface area contributed by atoms with Crippen molar-refractivity contribution in [2.45, 2.75) is 64.1 Å². The van der Waals surface area contributed by atoms with Crippen molar-refractivity contribution in [3.8, 4) is 0 Å². The van der Waals surface area contributed by atoms with Crippen LogP contribution in [0.15, 0.2) is 18.2 Å². The third kappa shape index (κ3) is 3.18. The normalized spacial score (nSPS) is 27.5. The van der Waals surface area contributed by atoms with Gasteiger partial charge in [-0.2, -0.15) is 0 Å². The Bertz CT molecular complexity index is 498. The van der Waals surface area contributed by atoms with Crippen molar-refractivity contribution in [2.75, 3.05) is 17.7 Å². The fourth-order valence-corrected chi connectivity index (χ4v) is 3.42. The lowest BCUT2D eigenvalue weighted by atomic mass is 9.77. The number of fused-ring (bicyclic) bond motifs is 1. The zero-order chi connectivity index (χ0) is 15.0. The van der Waals surface area contributed by atoms with E-state index in [1.807, 2.05) is 0 Å². The minimum absolute atomic E-state index is 0.211. The fourth-order valence-electron chi connectivity index (χ4n) is 3.42. The molecule has 1 aliphatic heterocycles. The highest BCUT2D eigenvalue weighted by atomic mass is 15.2. The van der Waals surface area contributed by atoms with Crippen LogP contribution in [0.4, 0.5) is 11.4 Å². The van der Waals surface area contributed by atoms with Crippen LogP contribution >= 0.6 is 0 Å². The Morgan fingerprint density at radius 1 is 1.10 bits per heavy atom. The summed E-state index contributed by atoms with van der Waals surface area (Å²) in [6, 6.07) is 7.55. The van der Waals surface area contributed by atoms with Crippen molar-refractivity contribution in [1.82, 2.24) is 5.32 Å². The largest absolute Gasteiger partial charge is 0.364 e. The van der Waals surface area contributed by atoms with Gasteiger partial charge < -0.3 is 16.0 Å². The predicted molar refractivity (Wildman–Crippen MR) is 91.0 cm³/mol. The van der Waals surface area contributed by atoms with Crippen LogP contribution in [0.5, 0.6) is 0 Å². The van der Waals surface area contributed by atoms with Crippen molar-refractivity contribution in [2.24, 2.45) is 5.92 Å². The van der Waals surface area contributed by atoms with E-state index in [4.69, 9.17) is 0 Å². The average molecular weight is 287 g/mol. The number of nitrogens with one attached hydrogen (secondary N) is 3. The molecule has 1 heterocycles. The Labute approximate surface area is 128 Å². The Morgan fingerprint density at radius 3 is 2.48 bits per heavy atom. The van der Waals surface area contributed by atoms with Gasteiger partial charge in [-0.25, -0.2) is 0 Å². The van der Waals surface area contributed by atoms with E-state index in [0.717, 1.165) is 12.0 Å². The van der Waals surface area contributed by atoms with Gasteiger partial charge in [0, 0.05) is 6.04 Å². The van der Waals surface area contributed by atoms with E-state index in [-0.39, 0.29) is 5.41 Å². The van der Waals surface area contributed by atoms with Crippen LogP contribution in [0.3, 0.4) is 0 Å². The third-order valence-corrected chi connectivity index (χ3v) is 5.05. The van der Waals surface area contributed by atoms with Crippen LogP contribution in [0, 0.1) is 5.92 Å². The first-order valence-corrected chi connectivity index (χ1v) is 8.30. The maximum Gasteiger partial charge on any atom is 0.0964 e. The molecule has 0 aromatic heterocycles. The van der Waals surface area contributed by atoms with Crippen LogP contribution in [0.1, 0.15) is 52.0 Å². The summed E-state index contributed by atoms with van der Waals surface area (Å²) in [6.45, 7) is 6.80. The molecule has 1 saturated carbocycles. The van der Waals surface area contributed by atoms with Crippen LogP contribution < -0.4 is 16.0 Å². The number of benzene rings is 1. The van der Waals surface area contributed by atoms with Gasteiger partial charge in [-0.1, -0.05) is 26.8 Å². The number of hydrogen-bond acceptors (Lipinski definition) is 3. The van der Waals surface area contributed by atoms with Gasteiger partial charge in [0.2, 0.25) is 0 Å².